The molecular weight excluding hydrogens is 282 g/mol. The van der Waals surface area contributed by atoms with E-state index < -0.39 is 11.5 Å². The Balaban J connectivity index is 2.11. The van der Waals surface area contributed by atoms with Crippen LogP contribution in [0.15, 0.2) is 28.7 Å². The molecule has 0 atom stereocenters. The molecule has 6 heteroatoms. The van der Waals surface area contributed by atoms with Crippen LogP contribution in [0, 0.1) is 0 Å². The maximum Gasteiger partial charge on any atom is 0.249 e. The second-order valence-corrected chi connectivity index (χ2v) is 4.97. The Labute approximate surface area is 120 Å². The van der Waals surface area contributed by atoms with E-state index in [1.165, 1.54) is 4.90 Å². The minimum Gasteiger partial charge on any atom is -0.502 e. The Kier molecular flexibility index (Phi) is 3.06. The van der Waals surface area contributed by atoms with Crippen molar-refractivity contribution in [1.82, 2.24) is 0 Å². The van der Waals surface area contributed by atoms with Gasteiger partial charge < -0.3 is 14.6 Å². The molecule has 1 aliphatic heterocycles. The first-order valence-corrected chi connectivity index (χ1v) is 6.57. The van der Waals surface area contributed by atoms with E-state index in [1.54, 1.807) is 24.3 Å². The van der Waals surface area contributed by atoms with Gasteiger partial charge in [0.05, 0.1) is 5.02 Å². The lowest BCUT2D eigenvalue weighted by Crippen LogP contribution is -2.23. The predicted octanol–water partition coefficient (Wildman–Crippen LogP) is 3.14. The zero-order valence-corrected chi connectivity index (χ0v) is 11.2. The summed E-state index contributed by atoms with van der Waals surface area (Å²) in [6.07, 6.45) is 1.10. The number of rotatable bonds is 2. The zero-order chi connectivity index (χ0) is 14.3. The van der Waals surface area contributed by atoms with Gasteiger partial charge in [-0.1, -0.05) is 23.7 Å². The molecule has 3 rings (SSSR count). The van der Waals surface area contributed by atoms with Crippen molar-refractivity contribution >= 4 is 23.4 Å². The van der Waals surface area contributed by atoms with Crippen molar-refractivity contribution in [1.29, 1.82) is 0 Å². The molecule has 0 saturated carbocycles. The molecule has 1 fully saturated rings. The lowest BCUT2D eigenvalue weighted by atomic mass is 10.1. The summed E-state index contributed by atoms with van der Waals surface area (Å²) >= 11 is 6.05. The highest BCUT2D eigenvalue weighted by Crippen LogP contribution is 2.48. The van der Waals surface area contributed by atoms with Crippen LogP contribution in [0.2, 0.25) is 5.02 Å². The van der Waals surface area contributed by atoms with Crippen molar-refractivity contribution in [2.75, 3.05) is 11.4 Å². The van der Waals surface area contributed by atoms with E-state index in [2.05, 4.69) is 0 Å². The van der Waals surface area contributed by atoms with Gasteiger partial charge in [0.25, 0.3) is 0 Å². The van der Waals surface area contributed by atoms with Crippen molar-refractivity contribution < 1.29 is 19.4 Å². The normalized spacial score (nSPS) is 15.1. The van der Waals surface area contributed by atoms with Gasteiger partial charge in [0.15, 0.2) is 5.76 Å². The molecule has 0 bridgehead atoms. The topological polar surface area (TPSA) is 73.9 Å². The van der Waals surface area contributed by atoms with Gasteiger partial charge in [-0.2, -0.15) is 0 Å². The summed E-state index contributed by atoms with van der Waals surface area (Å²) in [6, 6.07) is 6.80. The third-order valence-electron chi connectivity index (χ3n) is 3.28. The van der Waals surface area contributed by atoms with Crippen LogP contribution < -0.4 is 4.90 Å². The minimum atomic E-state index is -0.435. The number of benzene rings is 1. The van der Waals surface area contributed by atoms with E-state index in [0.29, 0.717) is 30.0 Å². The van der Waals surface area contributed by atoms with Gasteiger partial charge in [-0.3, -0.25) is 9.69 Å². The molecular formula is C14H12ClNO4. The number of halogens is 1. The van der Waals surface area contributed by atoms with Crippen molar-refractivity contribution in [3.8, 4) is 22.8 Å². The van der Waals surface area contributed by atoms with Crippen molar-refractivity contribution in [3.63, 3.8) is 0 Å². The molecule has 20 heavy (non-hydrogen) atoms. The molecule has 1 aromatic heterocycles. The summed E-state index contributed by atoms with van der Waals surface area (Å²) < 4.78 is 5.49. The highest BCUT2D eigenvalue weighted by molar-refractivity contribution is 6.33. The van der Waals surface area contributed by atoms with Crippen molar-refractivity contribution in [2.45, 2.75) is 12.8 Å². The van der Waals surface area contributed by atoms with E-state index in [4.69, 9.17) is 16.0 Å². The van der Waals surface area contributed by atoms with Gasteiger partial charge in [-0.05, 0) is 18.6 Å². The van der Waals surface area contributed by atoms with E-state index in [9.17, 15) is 15.0 Å². The standard InChI is InChI=1S/C14H12ClNO4/c15-9-5-2-1-4-8(9)13-11(18)12(19)14(20-13)16-7-3-6-10(16)17/h1-2,4-5,18-19H,3,6-7H2. The van der Waals surface area contributed by atoms with Crippen LogP contribution in [0.1, 0.15) is 12.8 Å². The highest BCUT2D eigenvalue weighted by Gasteiger charge is 2.31. The third-order valence-corrected chi connectivity index (χ3v) is 3.61. The SMILES string of the molecule is O=C1CCCN1c1oc(-c2ccccc2Cl)c(O)c1O. The van der Waals surface area contributed by atoms with E-state index >= 15 is 0 Å². The summed E-state index contributed by atoms with van der Waals surface area (Å²) in [6.45, 7) is 0.460. The monoisotopic (exact) mass is 293 g/mol. The van der Waals surface area contributed by atoms with Crippen molar-refractivity contribution in [3.05, 3.63) is 29.3 Å². The summed E-state index contributed by atoms with van der Waals surface area (Å²) in [5.41, 5.74) is 0.458. The maximum absolute atomic E-state index is 11.7. The van der Waals surface area contributed by atoms with Crippen LogP contribution in [0.3, 0.4) is 0 Å². The number of furan rings is 1. The molecule has 0 spiro atoms. The average Bonchev–Trinajstić information content (AvgIpc) is 2.97. The highest BCUT2D eigenvalue weighted by atomic mass is 35.5. The van der Waals surface area contributed by atoms with Crippen LogP contribution in [0.25, 0.3) is 11.3 Å². The second kappa shape index (κ2) is 4.76. The van der Waals surface area contributed by atoms with Crippen LogP contribution in [0.4, 0.5) is 5.88 Å². The summed E-state index contributed by atoms with van der Waals surface area (Å²) in [7, 11) is 0. The molecule has 1 amide bonds. The lowest BCUT2D eigenvalue weighted by Gasteiger charge is -2.11. The zero-order valence-electron chi connectivity index (χ0n) is 10.5. The first-order valence-electron chi connectivity index (χ1n) is 6.19. The van der Waals surface area contributed by atoms with Gasteiger partial charge in [0, 0.05) is 18.5 Å². The first-order chi connectivity index (χ1) is 9.59. The minimum absolute atomic E-state index is 0.0279. The smallest absolute Gasteiger partial charge is 0.249 e. The van der Waals surface area contributed by atoms with Crippen molar-refractivity contribution in [2.24, 2.45) is 0 Å². The summed E-state index contributed by atoms with van der Waals surface area (Å²) in [4.78, 5) is 13.0. The predicted molar refractivity (Wildman–Crippen MR) is 74.1 cm³/mol. The van der Waals surface area contributed by atoms with Gasteiger partial charge in [0.2, 0.25) is 23.3 Å². The molecule has 0 aliphatic carbocycles. The molecule has 2 heterocycles. The Bertz CT molecular complexity index is 680. The largest absolute Gasteiger partial charge is 0.502 e. The number of carbonyl (C=O) groups is 1. The number of carbonyl (C=O) groups excluding carboxylic acids is 1. The fourth-order valence-corrected chi connectivity index (χ4v) is 2.50. The number of amides is 1. The molecule has 5 nitrogen and oxygen atoms in total. The number of anilines is 1. The first kappa shape index (κ1) is 12.9. The molecule has 104 valence electrons. The molecule has 1 aromatic carbocycles. The molecule has 0 unspecified atom stereocenters. The Morgan fingerprint density at radius 1 is 1.20 bits per heavy atom. The maximum atomic E-state index is 11.7. The number of aromatic hydroxyl groups is 2. The summed E-state index contributed by atoms with van der Waals surface area (Å²) in [5, 5.41) is 20.4. The number of hydrogen-bond acceptors (Lipinski definition) is 4. The average molecular weight is 294 g/mol. The molecule has 2 N–H and O–H groups in total. The Hall–Kier alpha value is -2.14. The van der Waals surface area contributed by atoms with Crippen LogP contribution >= 0.6 is 11.6 Å². The van der Waals surface area contributed by atoms with Gasteiger partial charge >= 0.3 is 0 Å². The number of hydrogen-bond donors (Lipinski definition) is 2. The fourth-order valence-electron chi connectivity index (χ4n) is 2.28. The van der Waals surface area contributed by atoms with Gasteiger partial charge in [-0.15, -0.1) is 0 Å². The lowest BCUT2D eigenvalue weighted by molar-refractivity contribution is -0.117. The van der Waals surface area contributed by atoms with Crippen LogP contribution in [0.5, 0.6) is 11.5 Å². The van der Waals surface area contributed by atoms with E-state index in [0.717, 1.165) is 0 Å². The molecule has 1 saturated heterocycles. The van der Waals surface area contributed by atoms with Gasteiger partial charge in [0.1, 0.15) is 0 Å². The third kappa shape index (κ3) is 1.91. The van der Waals surface area contributed by atoms with Gasteiger partial charge in [-0.25, -0.2) is 0 Å². The molecule has 0 radical (unpaired) electrons. The molecule has 2 aromatic rings. The van der Waals surface area contributed by atoms with Crippen LogP contribution in [-0.4, -0.2) is 22.7 Å². The second-order valence-electron chi connectivity index (χ2n) is 4.56. The quantitative estimate of drug-likeness (QED) is 0.892. The summed E-state index contributed by atoms with van der Waals surface area (Å²) in [5.74, 6) is -0.953. The van der Waals surface area contributed by atoms with E-state index in [1.807, 2.05) is 0 Å². The number of nitrogens with zero attached hydrogens (tertiary/aromatic N) is 1. The Morgan fingerprint density at radius 2 is 1.95 bits per heavy atom. The fraction of sp³-hybridized carbons (Fsp3) is 0.214. The Morgan fingerprint density at radius 3 is 2.60 bits per heavy atom. The van der Waals surface area contributed by atoms with E-state index in [-0.39, 0.29) is 17.6 Å². The van der Waals surface area contributed by atoms with Crippen LogP contribution in [-0.2, 0) is 4.79 Å². The molecule has 1 aliphatic rings.